The van der Waals surface area contributed by atoms with E-state index in [-0.39, 0.29) is 11.5 Å². The van der Waals surface area contributed by atoms with Gasteiger partial charge in [0.15, 0.2) is 0 Å². The van der Waals surface area contributed by atoms with Gasteiger partial charge >= 0.3 is 0 Å². The van der Waals surface area contributed by atoms with Crippen molar-refractivity contribution < 1.29 is 5.11 Å². The Balaban J connectivity index is 2.25. The minimum absolute atomic E-state index is 0.190. The fourth-order valence-corrected chi connectivity index (χ4v) is 2.54. The van der Waals surface area contributed by atoms with Crippen molar-refractivity contribution in [2.45, 2.75) is 32.8 Å². The first-order valence-corrected chi connectivity index (χ1v) is 5.23. The van der Waals surface area contributed by atoms with Gasteiger partial charge < -0.3 is 5.11 Å². The minimum Gasteiger partial charge on any atom is -0.387 e. The van der Waals surface area contributed by atoms with E-state index in [4.69, 9.17) is 0 Å². The van der Waals surface area contributed by atoms with Gasteiger partial charge in [-0.1, -0.05) is 6.92 Å². The predicted molar refractivity (Wildman–Crippen MR) is 51.4 cm³/mol. The molecule has 0 bridgehead atoms. The zero-order chi connectivity index (χ0) is 8.77. The molecule has 0 spiro atoms. The Morgan fingerprint density at radius 2 is 2.25 bits per heavy atom. The molecule has 0 amide bonds. The average molecular weight is 182 g/mol. The quantitative estimate of drug-likeness (QED) is 0.745. The van der Waals surface area contributed by atoms with E-state index in [9.17, 15) is 5.11 Å². The zero-order valence-corrected chi connectivity index (χ0v) is 8.32. The highest BCUT2D eigenvalue weighted by molar-refractivity contribution is 7.10. The van der Waals surface area contributed by atoms with Gasteiger partial charge in [0.2, 0.25) is 0 Å². The molecule has 0 aromatic carbocycles. The van der Waals surface area contributed by atoms with Crippen LogP contribution in [0, 0.1) is 12.3 Å². The molecule has 0 radical (unpaired) electrons. The van der Waals surface area contributed by atoms with Crippen LogP contribution in [0.3, 0.4) is 0 Å². The van der Waals surface area contributed by atoms with Gasteiger partial charge in [-0.05, 0) is 42.2 Å². The van der Waals surface area contributed by atoms with E-state index in [0.29, 0.717) is 0 Å². The second kappa shape index (κ2) is 2.57. The maximum Gasteiger partial charge on any atom is 0.0937 e. The van der Waals surface area contributed by atoms with Gasteiger partial charge in [-0.3, -0.25) is 0 Å². The first-order valence-electron chi connectivity index (χ1n) is 4.35. The molecule has 1 fully saturated rings. The summed E-state index contributed by atoms with van der Waals surface area (Å²) in [5.41, 5.74) is 1.43. The lowest BCUT2D eigenvalue weighted by atomic mass is 9.99. The lowest BCUT2D eigenvalue weighted by Crippen LogP contribution is -2.08. The van der Waals surface area contributed by atoms with Crippen LogP contribution in [0.1, 0.15) is 36.3 Å². The molecule has 1 heterocycles. The SMILES string of the molecule is Cc1ccsc1C(O)C1(C)CC1. The number of aliphatic hydroxyl groups excluding tert-OH is 1. The molecule has 1 aliphatic rings. The minimum atomic E-state index is -0.225. The molecule has 0 saturated heterocycles. The van der Waals surface area contributed by atoms with Gasteiger partial charge in [0.05, 0.1) is 6.10 Å². The number of aliphatic hydroxyl groups is 1. The first kappa shape index (κ1) is 8.27. The van der Waals surface area contributed by atoms with Crippen molar-refractivity contribution in [2.24, 2.45) is 5.41 Å². The second-order valence-corrected chi connectivity index (χ2v) is 4.97. The molecule has 2 rings (SSSR count). The highest BCUT2D eigenvalue weighted by atomic mass is 32.1. The van der Waals surface area contributed by atoms with Crippen LogP contribution in [-0.2, 0) is 0 Å². The molecule has 1 aliphatic carbocycles. The summed E-state index contributed by atoms with van der Waals surface area (Å²) in [7, 11) is 0. The highest BCUT2D eigenvalue weighted by Crippen LogP contribution is 2.55. The van der Waals surface area contributed by atoms with Gasteiger partial charge in [-0.25, -0.2) is 0 Å². The molecule has 2 heteroatoms. The van der Waals surface area contributed by atoms with E-state index in [0.717, 1.165) is 4.88 Å². The fourth-order valence-electron chi connectivity index (χ4n) is 1.45. The molecule has 1 saturated carbocycles. The molecule has 12 heavy (non-hydrogen) atoms. The van der Waals surface area contributed by atoms with Crippen LogP contribution in [0.5, 0.6) is 0 Å². The van der Waals surface area contributed by atoms with E-state index in [2.05, 4.69) is 25.3 Å². The van der Waals surface area contributed by atoms with Gasteiger partial charge in [0.1, 0.15) is 0 Å². The average Bonchev–Trinajstić information content (AvgIpc) is 2.63. The van der Waals surface area contributed by atoms with E-state index in [1.807, 2.05) is 0 Å². The van der Waals surface area contributed by atoms with E-state index in [1.54, 1.807) is 11.3 Å². The fraction of sp³-hybridized carbons (Fsp3) is 0.600. The van der Waals surface area contributed by atoms with Crippen molar-refractivity contribution in [2.75, 3.05) is 0 Å². The molecule has 1 unspecified atom stereocenters. The molecule has 66 valence electrons. The molecule has 1 aromatic heterocycles. The number of rotatable bonds is 2. The highest BCUT2D eigenvalue weighted by Gasteiger charge is 2.45. The molecular weight excluding hydrogens is 168 g/mol. The third-order valence-electron chi connectivity index (χ3n) is 2.85. The number of aryl methyl sites for hydroxylation is 1. The number of hydrogen-bond donors (Lipinski definition) is 1. The van der Waals surface area contributed by atoms with Crippen molar-refractivity contribution in [1.29, 1.82) is 0 Å². The third kappa shape index (κ3) is 1.19. The number of thiophene rings is 1. The Bertz CT molecular complexity index is 286. The van der Waals surface area contributed by atoms with Gasteiger partial charge in [0, 0.05) is 4.88 Å². The Hall–Kier alpha value is -0.340. The molecule has 0 aliphatic heterocycles. The summed E-state index contributed by atoms with van der Waals surface area (Å²) < 4.78 is 0. The summed E-state index contributed by atoms with van der Waals surface area (Å²) in [6.07, 6.45) is 2.12. The summed E-state index contributed by atoms with van der Waals surface area (Å²) in [6, 6.07) is 2.08. The smallest absolute Gasteiger partial charge is 0.0937 e. The van der Waals surface area contributed by atoms with Crippen LogP contribution in [-0.4, -0.2) is 5.11 Å². The first-order chi connectivity index (χ1) is 5.63. The van der Waals surface area contributed by atoms with Crippen LogP contribution < -0.4 is 0 Å². The van der Waals surface area contributed by atoms with Crippen molar-refractivity contribution in [3.8, 4) is 0 Å². The van der Waals surface area contributed by atoms with Crippen LogP contribution >= 0.6 is 11.3 Å². The van der Waals surface area contributed by atoms with Crippen LogP contribution in [0.15, 0.2) is 11.4 Å². The maximum atomic E-state index is 10.00. The summed E-state index contributed by atoms with van der Waals surface area (Å²) in [5, 5.41) is 12.1. The molecule has 1 aromatic rings. The number of hydrogen-bond acceptors (Lipinski definition) is 2. The Labute approximate surface area is 77.0 Å². The second-order valence-electron chi connectivity index (χ2n) is 4.02. The Morgan fingerprint density at radius 3 is 2.67 bits per heavy atom. The molecular formula is C10H14OS. The summed E-state index contributed by atoms with van der Waals surface area (Å²) in [5.74, 6) is 0. The van der Waals surface area contributed by atoms with Crippen LogP contribution in [0.25, 0.3) is 0 Å². The summed E-state index contributed by atoms with van der Waals surface area (Å²) in [4.78, 5) is 1.16. The van der Waals surface area contributed by atoms with Crippen molar-refractivity contribution in [3.05, 3.63) is 21.9 Å². The van der Waals surface area contributed by atoms with Gasteiger partial charge in [-0.15, -0.1) is 11.3 Å². The van der Waals surface area contributed by atoms with Crippen LogP contribution in [0.2, 0.25) is 0 Å². The monoisotopic (exact) mass is 182 g/mol. The van der Waals surface area contributed by atoms with E-state index in [1.165, 1.54) is 18.4 Å². The Kier molecular flexibility index (Phi) is 1.77. The molecule has 1 nitrogen and oxygen atoms in total. The molecule has 1 atom stereocenters. The van der Waals surface area contributed by atoms with Crippen LogP contribution in [0.4, 0.5) is 0 Å². The standard InChI is InChI=1S/C10H14OS/c1-7-3-6-12-8(7)9(11)10(2)4-5-10/h3,6,9,11H,4-5H2,1-2H3. The van der Waals surface area contributed by atoms with Crippen molar-refractivity contribution in [3.63, 3.8) is 0 Å². The van der Waals surface area contributed by atoms with Crippen molar-refractivity contribution >= 4 is 11.3 Å². The lowest BCUT2D eigenvalue weighted by Gasteiger charge is -2.16. The molecule has 1 N–H and O–H groups in total. The van der Waals surface area contributed by atoms with Gasteiger partial charge in [-0.2, -0.15) is 0 Å². The summed E-state index contributed by atoms with van der Waals surface area (Å²) in [6.45, 7) is 4.23. The predicted octanol–water partition coefficient (Wildman–Crippen LogP) is 2.89. The lowest BCUT2D eigenvalue weighted by molar-refractivity contribution is 0.106. The topological polar surface area (TPSA) is 20.2 Å². The van der Waals surface area contributed by atoms with Gasteiger partial charge in [0.25, 0.3) is 0 Å². The summed E-state index contributed by atoms with van der Waals surface area (Å²) >= 11 is 1.67. The normalized spacial score (nSPS) is 22.2. The van der Waals surface area contributed by atoms with E-state index >= 15 is 0 Å². The van der Waals surface area contributed by atoms with Crippen molar-refractivity contribution in [1.82, 2.24) is 0 Å². The zero-order valence-electron chi connectivity index (χ0n) is 7.50. The van der Waals surface area contributed by atoms with E-state index < -0.39 is 0 Å². The Morgan fingerprint density at radius 1 is 1.58 bits per heavy atom. The maximum absolute atomic E-state index is 10.00. The largest absolute Gasteiger partial charge is 0.387 e. The third-order valence-corrected chi connectivity index (χ3v) is 3.92.